The summed E-state index contributed by atoms with van der Waals surface area (Å²) in [4.78, 5) is 0. The summed E-state index contributed by atoms with van der Waals surface area (Å²) in [5.41, 5.74) is 6.80. The monoisotopic (exact) mass is 267 g/mol. The Labute approximate surface area is 108 Å². The van der Waals surface area contributed by atoms with Crippen LogP contribution in [0.25, 0.3) is 11.0 Å². The first-order valence-electron chi connectivity index (χ1n) is 5.88. The van der Waals surface area contributed by atoms with Crippen LogP contribution in [-0.2, 0) is 4.74 Å². The number of fused-ring (bicyclic) bond motifs is 1. The van der Waals surface area contributed by atoms with E-state index in [9.17, 15) is 4.39 Å². The molecule has 0 bridgehead atoms. The first-order valence-corrected chi connectivity index (χ1v) is 7.03. The van der Waals surface area contributed by atoms with Crippen LogP contribution in [0.15, 0.2) is 28.7 Å². The number of rotatable bonds is 2. The third-order valence-electron chi connectivity index (χ3n) is 3.07. The summed E-state index contributed by atoms with van der Waals surface area (Å²) in [6.45, 7) is 0.720. The first kappa shape index (κ1) is 12.0. The van der Waals surface area contributed by atoms with Crippen molar-refractivity contribution in [1.82, 2.24) is 0 Å². The molecule has 2 heterocycles. The van der Waals surface area contributed by atoms with Crippen molar-refractivity contribution in [2.75, 3.05) is 18.1 Å². The van der Waals surface area contributed by atoms with Gasteiger partial charge in [0.05, 0.1) is 18.8 Å². The smallest absolute Gasteiger partial charge is 0.134 e. The molecule has 1 aromatic carbocycles. The maximum absolute atomic E-state index is 13.1. The molecule has 96 valence electrons. The summed E-state index contributed by atoms with van der Waals surface area (Å²) in [5.74, 6) is 2.26. The minimum absolute atomic E-state index is 0.0332. The molecule has 3 rings (SSSR count). The van der Waals surface area contributed by atoms with E-state index in [4.69, 9.17) is 14.9 Å². The predicted octanol–water partition coefficient (Wildman–Crippen LogP) is 2.70. The summed E-state index contributed by atoms with van der Waals surface area (Å²) in [6.07, 6.45) is -0.0332. The Morgan fingerprint density at radius 3 is 3.06 bits per heavy atom. The summed E-state index contributed by atoms with van der Waals surface area (Å²) < 4.78 is 24.4. The van der Waals surface area contributed by atoms with Gasteiger partial charge in [0.25, 0.3) is 0 Å². The Hall–Kier alpha value is -1.04. The fourth-order valence-corrected chi connectivity index (χ4v) is 3.01. The van der Waals surface area contributed by atoms with E-state index in [1.54, 1.807) is 12.1 Å². The fourth-order valence-electron chi connectivity index (χ4n) is 2.10. The van der Waals surface area contributed by atoms with Gasteiger partial charge in [-0.2, -0.15) is 11.8 Å². The summed E-state index contributed by atoms with van der Waals surface area (Å²) in [5, 5.41) is 0.740. The normalized spacial score (nSPS) is 22.2. The third-order valence-corrected chi connectivity index (χ3v) is 4.09. The van der Waals surface area contributed by atoms with E-state index in [0.29, 0.717) is 11.3 Å². The highest BCUT2D eigenvalue weighted by atomic mass is 32.2. The highest BCUT2D eigenvalue weighted by Gasteiger charge is 2.25. The van der Waals surface area contributed by atoms with Gasteiger partial charge in [0.2, 0.25) is 0 Å². The standard InChI is InChI=1S/C13H14FNO2S/c14-9-1-2-10-8(5-9)6-11(17-10)13(15)12-7-18-4-3-16-12/h1-2,5-6,12-13H,3-4,7,15H2. The van der Waals surface area contributed by atoms with Gasteiger partial charge < -0.3 is 14.9 Å². The molecule has 1 aliphatic heterocycles. The van der Waals surface area contributed by atoms with Crippen molar-refractivity contribution in [2.45, 2.75) is 12.1 Å². The maximum Gasteiger partial charge on any atom is 0.134 e. The Balaban J connectivity index is 1.88. The van der Waals surface area contributed by atoms with Gasteiger partial charge in [-0.15, -0.1) is 0 Å². The summed E-state index contributed by atoms with van der Waals surface area (Å²) in [7, 11) is 0. The Morgan fingerprint density at radius 2 is 2.28 bits per heavy atom. The van der Waals surface area contributed by atoms with Crippen molar-refractivity contribution >= 4 is 22.7 Å². The molecule has 1 aliphatic rings. The number of hydrogen-bond acceptors (Lipinski definition) is 4. The van der Waals surface area contributed by atoms with Crippen LogP contribution in [0.3, 0.4) is 0 Å². The van der Waals surface area contributed by atoms with E-state index >= 15 is 0 Å². The number of nitrogens with two attached hydrogens (primary N) is 1. The molecule has 2 atom stereocenters. The van der Waals surface area contributed by atoms with E-state index in [-0.39, 0.29) is 18.0 Å². The lowest BCUT2D eigenvalue weighted by Crippen LogP contribution is -2.34. The minimum Gasteiger partial charge on any atom is -0.459 e. The van der Waals surface area contributed by atoms with Crippen LogP contribution in [0.2, 0.25) is 0 Å². The lowest BCUT2D eigenvalue weighted by Gasteiger charge is -2.26. The van der Waals surface area contributed by atoms with Crippen LogP contribution in [0.4, 0.5) is 4.39 Å². The van der Waals surface area contributed by atoms with E-state index in [2.05, 4.69) is 0 Å². The number of thioether (sulfide) groups is 1. The van der Waals surface area contributed by atoms with Crippen molar-refractivity contribution in [3.05, 3.63) is 35.8 Å². The van der Waals surface area contributed by atoms with Gasteiger partial charge >= 0.3 is 0 Å². The highest BCUT2D eigenvalue weighted by molar-refractivity contribution is 7.99. The zero-order chi connectivity index (χ0) is 12.5. The van der Waals surface area contributed by atoms with Crippen LogP contribution < -0.4 is 5.73 Å². The van der Waals surface area contributed by atoms with Crippen molar-refractivity contribution in [3.8, 4) is 0 Å². The van der Waals surface area contributed by atoms with Crippen LogP contribution in [0.1, 0.15) is 11.8 Å². The number of ether oxygens (including phenoxy) is 1. The predicted molar refractivity (Wildman–Crippen MR) is 70.2 cm³/mol. The minimum atomic E-state index is -0.298. The van der Waals surface area contributed by atoms with Gasteiger partial charge in [0.15, 0.2) is 0 Å². The van der Waals surface area contributed by atoms with Gasteiger partial charge in [-0.3, -0.25) is 0 Å². The molecule has 0 radical (unpaired) electrons. The van der Waals surface area contributed by atoms with Gasteiger partial charge in [-0.05, 0) is 24.3 Å². The van der Waals surface area contributed by atoms with E-state index in [0.717, 1.165) is 23.5 Å². The average Bonchev–Trinajstić information content (AvgIpc) is 2.81. The molecule has 0 amide bonds. The molecule has 2 N–H and O–H groups in total. The molecule has 2 aromatic rings. The SMILES string of the molecule is NC(c1cc2cc(F)ccc2o1)C1CSCCO1. The maximum atomic E-state index is 13.1. The molecular weight excluding hydrogens is 253 g/mol. The van der Waals surface area contributed by atoms with Crippen LogP contribution >= 0.6 is 11.8 Å². The zero-order valence-electron chi connectivity index (χ0n) is 9.77. The van der Waals surface area contributed by atoms with Crippen LogP contribution in [-0.4, -0.2) is 24.2 Å². The number of hydrogen-bond donors (Lipinski definition) is 1. The largest absolute Gasteiger partial charge is 0.459 e. The lowest BCUT2D eigenvalue weighted by molar-refractivity contribution is 0.0522. The molecule has 1 aromatic heterocycles. The Kier molecular flexibility index (Phi) is 3.28. The van der Waals surface area contributed by atoms with E-state index in [1.807, 2.05) is 11.8 Å². The van der Waals surface area contributed by atoms with Crippen LogP contribution in [0.5, 0.6) is 0 Å². The second kappa shape index (κ2) is 4.91. The second-order valence-corrected chi connectivity index (χ2v) is 5.49. The third kappa shape index (κ3) is 2.25. The fraction of sp³-hybridized carbons (Fsp3) is 0.385. The zero-order valence-corrected chi connectivity index (χ0v) is 10.6. The van der Waals surface area contributed by atoms with Gasteiger partial charge in [-0.25, -0.2) is 4.39 Å². The van der Waals surface area contributed by atoms with Gasteiger partial charge in [0, 0.05) is 16.9 Å². The van der Waals surface area contributed by atoms with Crippen molar-refractivity contribution in [2.24, 2.45) is 5.73 Å². The topological polar surface area (TPSA) is 48.4 Å². The average molecular weight is 267 g/mol. The number of halogens is 1. The first-order chi connectivity index (χ1) is 8.74. The number of furan rings is 1. The van der Waals surface area contributed by atoms with E-state index in [1.165, 1.54) is 12.1 Å². The molecule has 1 fully saturated rings. The molecule has 18 heavy (non-hydrogen) atoms. The molecule has 5 heteroatoms. The highest BCUT2D eigenvalue weighted by Crippen LogP contribution is 2.28. The van der Waals surface area contributed by atoms with Crippen molar-refractivity contribution < 1.29 is 13.5 Å². The molecule has 0 spiro atoms. The lowest BCUT2D eigenvalue weighted by atomic mass is 10.1. The summed E-state index contributed by atoms with van der Waals surface area (Å²) in [6, 6.07) is 5.95. The molecular formula is C13H14FNO2S. The van der Waals surface area contributed by atoms with Crippen LogP contribution in [0, 0.1) is 5.82 Å². The van der Waals surface area contributed by atoms with Gasteiger partial charge in [0.1, 0.15) is 17.2 Å². The Morgan fingerprint density at radius 1 is 1.39 bits per heavy atom. The molecule has 1 saturated heterocycles. The molecule has 2 unspecified atom stereocenters. The molecule has 0 aliphatic carbocycles. The van der Waals surface area contributed by atoms with E-state index < -0.39 is 0 Å². The quantitative estimate of drug-likeness (QED) is 0.909. The van der Waals surface area contributed by atoms with Crippen molar-refractivity contribution in [3.63, 3.8) is 0 Å². The number of benzene rings is 1. The summed E-state index contributed by atoms with van der Waals surface area (Å²) >= 11 is 1.83. The van der Waals surface area contributed by atoms with Crippen molar-refractivity contribution in [1.29, 1.82) is 0 Å². The molecule has 3 nitrogen and oxygen atoms in total. The van der Waals surface area contributed by atoms with Gasteiger partial charge in [-0.1, -0.05) is 0 Å². The Bertz CT molecular complexity index is 551. The second-order valence-electron chi connectivity index (χ2n) is 4.34. The molecule has 0 saturated carbocycles.